The number of nitrogens with one attached hydrogen (secondary N) is 1. The molecule has 0 saturated heterocycles. The third-order valence-electron chi connectivity index (χ3n) is 5.07. The molecule has 0 aromatic heterocycles. The number of hydrogen-bond donors (Lipinski definition) is 1. The zero-order valence-electron chi connectivity index (χ0n) is 19.0. The minimum absolute atomic E-state index is 0.0635. The molecule has 34 heavy (non-hydrogen) atoms. The lowest BCUT2D eigenvalue weighted by atomic mass is 10.2. The maximum Gasteiger partial charge on any atom is 0.264 e. The molecular weight excluding hydrogens is 476 g/mol. The van der Waals surface area contributed by atoms with Crippen LogP contribution >= 0.6 is 11.6 Å². The summed E-state index contributed by atoms with van der Waals surface area (Å²) in [6.45, 7) is 2.12. The molecule has 9 heteroatoms. The Hall–Kier alpha value is -3.23. The Kier molecular flexibility index (Phi) is 8.79. The predicted octanol–water partition coefficient (Wildman–Crippen LogP) is 4.30. The van der Waals surface area contributed by atoms with Crippen LogP contribution in [0, 0.1) is 0 Å². The number of sulfonamides is 1. The molecule has 0 bridgehead atoms. The molecular formula is C25H27ClN2O5S. The third-order valence-corrected chi connectivity index (χ3v) is 7.15. The molecule has 1 N–H and O–H groups in total. The summed E-state index contributed by atoms with van der Waals surface area (Å²) in [6, 6.07) is 20.2. The summed E-state index contributed by atoms with van der Waals surface area (Å²) in [5.41, 5.74) is 1.45. The van der Waals surface area contributed by atoms with Crippen LogP contribution in [0.15, 0.2) is 77.7 Å². The number of benzene rings is 3. The van der Waals surface area contributed by atoms with Crippen molar-refractivity contribution < 1.29 is 22.7 Å². The zero-order valence-corrected chi connectivity index (χ0v) is 20.6. The quantitative estimate of drug-likeness (QED) is 0.395. The smallest absolute Gasteiger partial charge is 0.264 e. The first kappa shape index (κ1) is 25.4. The van der Waals surface area contributed by atoms with E-state index in [0.29, 0.717) is 11.5 Å². The SMILES string of the molecule is CCc1ccc(OCCNC(=O)CN(c2ccc(OC)c(Cl)c2)S(=O)(=O)c2ccccc2)cc1. The van der Waals surface area contributed by atoms with Crippen molar-refractivity contribution in [1.29, 1.82) is 0 Å². The van der Waals surface area contributed by atoms with Gasteiger partial charge in [-0.3, -0.25) is 9.10 Å². The van der Waals surface area contributed by atoms with Gasteiger partial charge in [0.2, 0.25) is 5.91 Å². The first-order valence-electron chi connectivity index (χ1n) is 10.7. The van der Waals surface area contributed by atoms with E-state index in [-0.39, 0.29) is 28.8 Å². The summed E-state index contributed by atoms with van der Waals surface area (Å²) in [4.78, 5) is 12.7. The van der Waals surface area contributed by atoms with Crippen LogP contribution in [0.1, 0.15) is 12.5 Å². The van der Waals surface area contributed by atoms with E-state index in [2.05, 4.69) is 12.2 Å². The van der Waals surface area contributed by atoms with Gasteiger partial charge in [-0.15, -0.1) is 0 Å². The standard InChI is InChI=1S/C25H27ClN2O5S/c1-3-19-9-12-21(13-10-19)33-16-15-27-25(29)18-28(20-11-14-24(32-2)23(26)17-20)34(30,31)22-7-5-4-6-8-22/h4-14,17H,3,15-16,18H2,1-2H3,(H,27,29). The van der Waals surface area contributed by atoms with Gasteiger partial charge < -0.3 is 14.8 Å². The maximum atomic E-state index is 13.3. The van der Waals surface area contributed by atoms with Crippen molar-refractivity contribution in [3.05, 3.63) is 83.4 Å². The summed E-state index contributed by atoms with van der Waals surface area (Å²) >= 11 is 6.22. The number of halogens is 1. The van der Waals surface area contributed by atoms with Crippen molar-refractivity contribution in [3.63, 3.8) is 0 Å². The van der Waals surface area contributed by atoms with Gasteiger partial charge in [-0.2, -0.15) is 0 Å². The highest BCUT2D eigenvalue weighted by atomic mass is 35.5. The lowest BCUT2D eigenvalue weighted by molar-refractivity contribution is -0.119. The molecule has 0 fully saturated rings. The average Bonchev–Trinajstić information content (AvgIpc) is 2.86. The molecule has 180 valence electrons. The lowest BCUT2D eigenvalue weighted by Gasteiger charge is -2.24. The van der Waals surface area contributed by atoms with Crippen LogP contribution in [-0.2, 0) is 21.2 Å². The van der Waals surface area contributed by atoms with Crippen LogP contribution in [0.25, 0.3) is 0 Å². The number of carbonyl (C=O) groups excluding carboxylic acids is 1. The van der Waals surface area contributed by atoms with E-state index in [9.17, 15) is 13.2 Å². The van der Waals surface area contributed by atoms with Crippen LogP contribution in [0.4, 0.5) is 5.69 Å². The molecule has 0 atom stereocenters. The van der Waals surface area contributed by atoms with E-state index in [1.165, 1.54) is 30.9 Å². The molecule has 0 saturated carbocycles. The number of rotatable bonds is 11. The third kappa shape index (κ3) is 6.42. The number of hydrogen-bond acceptors (Lipinski definition) is 5. The minimum atomic E-state index is -4.02. The Morgan fingerprint density at radius 3 is 2.35 bits per heavy atom. The van der Waals surface area contributed by atoms with Crippen molar-refractivity contribution in [3.8, 4) is 11.5 Å². The van der Waals surface area contributed by atoms with E-state index >= 15 is 0 Å². The lowest BCUT2D eigenvalue weighted by Crippen LogP contribution is -2.41. The summed E-state index contributed by atoms with van der Waals surface area (Å²) in [5, 5.41) is 2.94. The largest absolute Gasteiger partial charge is 0.495 e. The van der Waals surface area contributed by atoms with Gasteiger partial charge in [-0.05, 0) is 54.4 Å². The van der Waals surface area contributed by atoms with Crippen molar-refractivity contribution in [1.82, 2.24) is 5.32 Å². The summed E-state index contributed by atoms with van der Waals surface area (Å²) in [7, 11) is -2.56. The van der Waals surface area contributed by atoms with E-state index < -0.39 is 22.5 Å². The van der Waals surface area contributed by atoms with Crippen LogP contribution < -0.4 is 19.1 Å². The number of nitrogens with zero attached hydrogens (tertiary/aromatic N) is 1. The number of aryl methyl sites for hydroxylation is 1. The topological polar surface area (TPSA) is 84.9 Å². The zero-order chi connectivity index (χ0) is 24.6. The average molecular weight is 503 g/mol. The van der Waals surface area contributed by atoms with Crippen molar-refractivity contribution in [2.45, 2.75) is 18.2 Å². The number of carbonyl (C=O) groups is 1. The second-order valence-electron chi connectivity index (χ2n) is 7.34. The molecule has 0 aliphatic carbocycles. The fraction of sp³-hybridized carbons (Fsp3) is 0.240. The van der Waals surface area contributed by atoms with Crippen LogP contribution in [0.2, 0.25) is 5.02 Å². The van der Waals surface area contributed by atoms with E-state index in [0.717, 1.165) is 10.7 Å². The second-order valence-corrected chi connectivity index (χ2v) is 9.61. The molecule has 0 aliphatic heterocycles. The molecule has 0 radical (unpaired) electrons. The van der Waals surface area contributed by atoms with E-state index in [4.69, 9.17) is 21.1 Å². The van der Waals surface area contributed by atoms with Gasteiger partial charge in [0.05, 0.1) is 29.3 Å². The molecule has 0 spiro atoms. The van der Waals surface area contributed by atoms with Crippen molar-refractivity contribution >= 4 is 33.2 Å². The highest BCUT2D eigenvalue weighted by Gasteiger charge is 2.27. The van der Waals surface area contributed by atoms with Gasteiger partial charge in [0.15, 0.2) is 0 Å². The van der Waals surface area contributed by atoms with Gasteiger partial charge in [-0.1, -0.05) is 48.9 Å². The Morgan fingerprint density at radius 1 is 1.03 bits per heavy atom. The molecule has 3 aromatic carbocycles. The molecule has 0 aliphatic rings. The molecule has 0 heterocycles. The number of ether oxygens (including phenoxy) is 2. The van der Waals surface area contributed by atoms with Crippen LogP contribution in [0.3, 0.4) is 0 Å². The predicted molar refractivity (Wildman–Crippen MR) is 133 cm³/mol. The van der Waals surface area contributed by atoms with Gasteiger partial charge in [0.1, 0.15) is 24.7 Å². The van der Waals surface area contributed by atoms with Crippen LogP contribution in [-0.4, -0.2) is 41.1 Å². The molecule has 3 aromatic rings. The van der Waals surface area contributed by atoms with E-state index in [1.54, 1.807) is 30.3 Å². The van der Waals surface area contributed by atoms with Gasteiger partial charge in [-0.25, -0.2) is 8.42 Å². The highest BCUT2D eigenvalue weighted by Crippen LogP contribution is 2.31. The number of anilines is 1. The number of methoxy groups -OCH3 is 1. The van der Waals surface area contributed by atoms with Crippen molar-refractivity contribution in [2.24, 2.45) is 0 Å². The Bertz CT molecular complexity index is 1200. The molecule has 7 nitrogen and oxygen atoms in total. The summed E-state index contributed by atoms with van der Waals surface area (Å²) in [6.07, 6.45) is 0.943. The van der Waals surface area contributed by atoms with E-state index in [1.807, 2.05) is 24.3 Å². The first-order chi connectivity index (χ1) is 16.3. The maximum absolute atomic E-state index is 13.3. The summed E-state index contributed by atoms with van der Waals surface area (Å²) < 4.78 is 38.5. The fourth-order valence-electron chi connectivity index (χ4n) is 3.21. The molecule has 1 amide bonds. The Labute approximate surface area is 205 Å². The minimum Gasteiger partial charge on any atom is -0.495 e. The second kappa shape index (κ2) is 11.8. The molecule has 0 unspecified atom stereocenters. The van der Waals surface area contributed by atoms with Gasteiger partial charge in [0.25, 0.3) is 10.0 Å². The van der Waals surface area contributed by atoms with Gasteiger partial charge in [0, 0.05) is 0 Å². The van der Waals surface area contributed by atoms with Gasteiger partial charge >= 0.3 is 0 Å². The van der Waals surface area contributed by atoms with Crippen molar-refractivity contribution in [2.75, 3.05) is 31.1 Å². The first-order valence-corrected chi connectivity index (χ1v) is 12.6. The monoisotopic (exact) mass is 502 g/mol. The number of amides is 1. The summed E-state index contributed by atoms with van der Waals surface area (Å²) in [5.74, 6) is 0.625. The fourth-order valence-corrected chi connectivity index (χ4v) is 4.90. The van der Waals surface area contributed by atoms with Crippen LogP contribution in [0.5, 0.6) is 11.5 Å². The normalized spacial score (nSPS) is 11.0. The Balaban J connectivity index is 1.70. The molecule has 3 rings (SSSR count). The highest BCUT2D eigenvalue weighted by molar-refractivity contribution is 7.92. The Morgan fingerprint density at radius 2 is 1.74 bits per heavy atom.